The van der Waals surface area contributed by atoms with Gasteiger partial charge in [-0.05, 0) is 30.0 Å². The number of aliphatic hydroxyl groups excluding tert-OH is 1. The van der Waals surface area contributed by atoms with E-state index in [1.54, 1.807) is 35.8 Å². The van der Waals surface area contributed by atoms with Crippen LogP contribution in [0, 0.1) is 0 Å². The van der Waals surface area contributed by atoms with Gasteiger partial charge in [-0.25, -0.2) is 17.5 Å². The lowest BCUT2D eigenvalue weighted by molar-refractivity contribution is -0.133. The average molecular weight is 502 g/mol. The van der Waals surface area contributed by atoms with Gasteiger partial charge in [-0.3, -0.25) is 9.78 Å². The summed E-state index contributed by atoms with van der Waals surface area (Å²) >= 11 is 0. The fourth-order valence-electron chi connectivity index (χ4n) is 3.53. The quantitative estimate of drug-likeness (QED) is 0.459. The Bertz CT molecular complexity index is 1050. The van der Waals surface area contributed by atoms with E-state index in [0.29, 0.717) is 42.9 Å². The monoisotopic (exact) mass is 501 g/mol. The molecule has 0 radical (unpaired) electrons. The molecule has 3 rings (SSSR count). The van der Waals surface area contributed by atoms with Crippen molar-refractivity contribution in [3.8, 4) is 11.1 Å². The minimum Gasteiger partial charge on any atom is -0.386 e. The van der Waals surface area contributed by atoms with Crippen LogP contribution in [0.3, 0.4) is 0 Å². The number of rotatable bonds is 10. The van der Waals surface area contributed by atoms with E-state index in [-0.39, 0.29) is 12.1 Å². The molecule has 186 valence electrons. The summed E-state index contributed by atoms with van der Waals surface area (Å²) in [6, 6.07) is 8.19. The van der Waals surface area contributed by atoms with Gasteiger partial charge in [0.15, 0.2) is 0 Å². The van der Waals surface area contributed by atoms with Gasteiger partial charge in [0, 0.05) is 25.0 Å². The van der Waals surface area contributed by atoms with Crippen LogP contribution >= 0.6 is 0 Å². The van der Waals surface area contributed by atoms with Crippen LogP contribution in [0.15, 0.2) is 42.6 Å². The molecule has 2 heterocycles. The first kappa shape index (κ1) is 26.1. The predicted octanol–water partition coefficient (Wildman–Crippen LogP) is 2.10. The van der Waals surface area contributed by atoms with Gasteiger partial charge in [-0.1, -0.05) is 30.3 Å². The lowest BCUT2D eigenvalue weighted by Crippen LogP contribution is -2.43. The number of sulfonamides is 1. The summed E-state index contributed by atoms with van der Waals surface area (Å²) in [5.41, 5.74) is 2.20. The Balaban J connectivity index is 1.60. The molecule has 1 aliphatic rings. The minimum absolute atomic E-state index is 0.0556. The molecule has 0 aliphatic carbocycles. The molecule has 0 bridgehead atoms. The van der Waals surface area contributed by atoms with Crippen LogP contribution < -0.4 is 10.0 Å². The van der Waals surface area contributed by atoms with Crippen molar-refractivity contribution >= 4 is 15.9 Å². The standard InChI is InChI=1S/C22H26F3N3O5S/c23-11-19(28-22(30)21(24)25)20(29)15-3-1-14(2-4-15)16-5-6-17(26-12-16)13-27-34(31,32)18-7-9-33-10-8-18/h1-6,12,18-21,27,29H,7-11,13H2,(H,28,30)/t19-,20-/m1/s1. The highest BCUT2D eigenvalue weighted by molar-refractivity contribution is 7.90. The maximum absolute atomic E-state index is 13.2. The van der Waals surface area contributed by atoms with Gasteiger partial charge >= 0.3 is 6.43 Å². The Labute approximate surface area is 195 Å². The zero-order valence-corrected chi connectivity index (χ0v) is 19.0. The molecule has 2 atom stereocenters. The maximum Gasteiger partial charge on any atom is 0.315 e. The number of halogens is 3. The van der Waals surface area contributed by atoms with E-state index in [1.165, 1.54) is 12.1 Å². The molecule has 34 heavy (non-hydrogen) atoms. The molecule has 12 heteroatoms. The van der Waals surface area contributed by atoms with Crippen molar-refractivity contribution in [2.75, 3.05) is 19.9 Å². The van der Waals surface area contributed by atoms with Gasteiger partial charge in [-0.2, -0.15) is 8.78 Å². The van der Waals surface area contributed by atoms with E-state index < -0.39 is 46.4 Å². The molecule has 1 amide bonds. The molecule has 1 aromatic heterocycles. The number of pyridine rings is 1. The van der Waals surface area contributed by atoms with Gasteiger partial charge in [0.2, 0.25) is 10.0 Å². The summed E-state index contributed by atoms with van der Waals surface area (Å²) in [6.45, 7) is -0.314. The SMILES string of the molecule is O=C(N[C@H](CF)[C@H](O)c1ccc(-c2ccc(CNS(=O)(=O)C3CCOCC3)nc2)cc1)C(F)F. The van der Waals surface area contributed by atoms with Crippen molar-refractivity contribution in [1.29, 1.82) is 0 Å². The van der Waals surface area contributed by atoms with E-state index >= 15 is 0 Å². The van der Waals surface area contributed by atoms with E-state index in [1.807, 2.05) is 0 Å². The number of aromatic nitrogens is 1. The third-order valence-electron chi connectivity index (χ3n) is 5.55. The first-order valence-electron chi connectivity index (χ1n) is 10.7. The fraction of sp³-hybridized carbons (Fsp3) is 0.455. The molecule has 1 fully saturated rings. The van der Waals surface area contributed by atoms with Gasteiger partial charge in [0.25, 0.3) is 5.91 Å². The second-order valence-corrected chi connectivity index (χ2v) is 9.90. The van der Waals surface area contributed by atoms with Gasteiger partial charge in [0.1, 0.15) is 12.8 Å². The highest BCUT2D eigenvalue weighted by Crippen LogP contribution is 2.24. The molecule has 3 N–H and O–H groups in total. The normalized spacial score (nSPS) is 16.9. The Morgan fingerprint density at radius 1 is 1.12 bits per heavy atom. The van der Waals surface area contributed by atoms with E-state index in [2.05, 4.69) is 9.71 Å². The third-order valence-corrected chi connectivity index (χ3v) is 7.44. The summed E-state index contributed by atoms with van der Waals surface area (Å²) < 4.78 is 70.5. The number of aliphatic hydroxyl groups is 1. The predicted molar refractivity (Wildman–Crippen MR) is 118 cm³/mol. The number of alkyl halides is 3. The first-order chi connectivity index (χ1) is 16.2. The smallest absolute Gasteiger partial charge is 0.315 e. The number of amides is 1. The molecular formula is C22H26F3N3O5S. The summed E-state index contributed by atoms with van der Waals surface area (Å²) in [5.74, 6) is -1.65. The van der Waals surface area contributed by atoms with Crippen molar-refractivity contribution < 1.29 is 36.2 Å². The second-order valence-electron chi connectivity index (χ2n) is 7.85. The van der Waals surface area contributed by atoms with Crippen molar-refractivity contribution in [3.63, 3.8) is 0 Å². The van der Waals surface area contributed by atoms with Gasteiger partial charge in [-0.15, -0.1) is 0 Å². The largest absolute Gasteiger partial charge is 0.386 e. The summed E-state index contributed by atoms with van der Waals surface area (Å²) in [6.07, 6.45) is -2.34. The molecule has 0 spiro atoms. The molecule has 0 saturated carbocycles. The highest BCUT2D eigenvalue weighted by Gasteiger charge is 2.28. The van der Waals surface area contributed by atoms with Crippen LogP contribution in [0.25, 0.3) is 11.1 Å². The number of benzene rings is 1. The topological polar surface area (TPSA) is 118 Å². The number of nitrogens with one attached hydrogen (secondary N) is 2. The maximum atomic E-state index is 13.2. The van der Waals surface area contributed by atoms with Crippen molar-refractivity contribution in [3.05, 3.63) is 53.9 Å². The van der Waals surface area contributed by atoms with Crippen LogP contribution in [0.1, 0.15) is 30.2 Å². The third kappa shape index (κ3) is 6.75. The van der Waals surface area contributed by atoms with E-state index in [9.17, 15) is 31.5 Å². The number of ether oxygens (including phenoxy) is 1. The van der Waals surface area contributed by atoms with E-state index in [4.69, 9.17) is 4.74 Å². The molecule has 0 unspecified atom stereocenters. The minimum atomic E-state index is -3.47. The van der Waals surface area contributed by atoms with Crippen LogP contribution in [-0.4, -0.2) is 62.0 Å². The van der Waals surface area contributed by atoms with Crippen LogP contribution in [0.2, 0.25) is 0 Å². The molecule has 1 saturated heterocycles. The zero-order valence-electron chi connectivity index (χ0n) is 18.2. The lowest BCUT2D eigenvalue weighted by Gasteiger charge is -2.22. The van der Waals surface area contributed by atoms with Crippen LogP contribution in [0.4, 0.5) is 13.2 Å². The number of carbonyl (C=O) groups excluding carboxylic acids is 1. The van der Waals surface area contributed by atoms with Crippen molar-refractivity contribution in [1.82, 2.24) is 15.0 Å². The van der Waals surface area contributed by atoms with E-state index in [0.717, 1.165) is 0 Å². The Morgan fingerprint density at radius 3 is 2.32 bits per heavy atom. The summed E-state index contributed by atoms with van der Waals surface area (Å²) in [4.78, 5) is 15.4. The van der Waals surface area contributed by atoms with Gasteiger partial charge < -0.3 is 15.2 Å². The molecule has 1 aliphatic heterocycles. The Morgan fingerprint density at radius 2 is 1.76 bits per heavy atom. The van der Waals surface area contributed by atoms with Crippen molar-refractivity contribution in [2.45, 2.75) is 43.2 Å². The first-order valence-corrected chi connectivity index (χ1v) is 12.2. The molecule has 8 nitrogen and oxygen atoms in total. The fourth-order valence-corrected chi connectivity index (χ4v) is 4.93. The van der Waals surface area contributed by atoms with Crippen molar-refractivity contribution in [2.24, 2.45) is 0 Å². The van der Waals surface area contributed by atoms with Crippen LogP contribution in [0.5, 0.6) is 0 Å². The summed E-state index contributed by atoms with van der Waals surface area (Å²) in [7, 11) is -3.47. The Kier molecular flexibility index (Phi) is 9.00. The van der Waals surface area contributed by atoms with Crippen LogP contribution in [-0.2, 0) is 26.1 Å². The molecular weight excluding hydrogens is 475 g/mol. The highest BCUT2D eigenvalue weighted by atomic mass is 32.2. The molecule has 2 aromatic rings. The number of hydrogen-bond donors (Lipinski definition) is 3. The Hall–Kier alpha value is -2.54. The number of carbonyl (C=O) groups is 1. The average Bonchev–Trinajstić information content (AvgIpc) is 2.86. The summed E-state index contributed by atoms with van der Waals surface area (Å²) in [5, 5.41) is 11.6. The lowest BCUT2D eigenvalue weighted by atomic mass is 9.99. The second kappa shape index (κ2) is 11.7. The number of nitrogens with zero attached hydrogens (tertiary/aromatic N) is 1. The number of hydrogen-bond acceptors (Lipinski definition) is 6. The zero-order chi connectivity index (χ0) is 24.7. The van der Waals surface area contributed by atoms with Gasteiger partial charge in [0.05, 0.1) is 23.5 Å². The molecule has 1 aromatic carbocycles.